The lowest BCUT2D eigenvalue weighted by Crippen LogP contribution is -2.37. The zero-order chi connectivity index (χ0) is 13.5. The first kappa shape index (κ1) is 14.4. The second kappa shape index (κ2) is 6.89. The van der Waals surface area contributed by atoms with Crippen LogP contribution in [0.2, 0.25) is 0 Å². The lowest BCUT2D eigenvalue weighted by molar-refractivity contribution is 0.458. The van der Waals surface area contributed by atoms with E-state index in [1.165, 1.54) is 11.3 Å². The normalized spacial score (nSPS) is 11.4. The Morgan fingerprint density at radius 3 is 2.44 bits per heavy atom. The van der Waals surface area contributed by atoms with Crippen LogP contribution in [0.3, 0.4) is 0 Å². The molecule has 0 amide bonds. The van der Waals surface area contributed by atoms with Crippen LogP contribution in [-0.4, -0.2) is 38.0 Å². The van der Waals surface area contributed by atoms with Gasteiger partial charge in [-0.05, 0) is 31.5 Å². The summed E-state index contributed by atoms with van der Waals surface area (Å²) >= 11 is 0. The van der Waals surface area contributed by atoms with E-state index in [-0.39, 0.29) is 0 Å². The van der Waals surface area contributed by atoms with E-state index in [0.29, 0.717) is 12.5 Å². The number of hydrogen-bond donors (Lipinski definition) is 1. The molecule has 18 heavy (non-hydrogen) atoms. The van der Waals surface area contributed by atoms with Gasteiger partial charge in [0, 0.05) is 32.9 Å². The molecule has 0 fully saturated rings. The van der Waals surface area contributed by atoms with Crippen LogP contribution >= 0.6 is 0 Å². The molecule has 0 heterocycles. The fourth-order valence-corrected chi connectivity index (χ4v) is 1.75. The summed E-state index contributed by atoms with van der Waals surface area (Å²) in [5, 5.41) is 0. The average Bonchev–Trinajstić information content (AvgIpc) is 2.38. The van der Waals surface area contributed by atoms with Crippen molar-refractivity contribution in [2.24, 2.45) is 10.7 Å². The summed E-state index contributed by atoms with van der Waals surface area (Å²) in [5.74, 6) is 0.621. The van der Waals surface area contributed by atoms with Gasteiger partial charge in [0.1, 0.15) is 0 Å². The highest BCUT2D eigenvalue weighted by atomic mass is 15.2. The fraction of sp³-hybridized carbons (Fsp3) is 0.500. The van der Waals surface area contributed by atoms with Gasteiger partial charge in [-0.15, -0.1) is 0 Å². The summed E-state index contributed by atoms with van der Waals surface area (Å²) in [4.78, 5) is 8.57. The van der Waals surface area contributed by atoms with Crippen LogP contribution in [0.25, 0.3) is 0 Å². The van der Waals surface area contributed by atoms with Crippen molar-refractivity contribution >= 4 is 11.6 Å². The van der Waals surface area contributed by atoms with Crippen LogP contribution in [0.5, 0.6) is 0 Å². The molecule has 0 aliphatic heterocycles. The first-order chi connectivity index (χ1) is 8.58. The fourth-order valence-electron chi connectivity index (χ4n) is 1.75. The molecule has 0 aromatic heterocycles. The Morgan fingerprint density at radius 1 is 1.22 bits per heavy atom. The van der Waals surface area contributed by atoms with Crippen LogP contribution in [0, 0.1) is 0 Å². The van der Waals surface area contributed by atoms with Crippen LogP contribution < -0.4 is 10.6 Å². The van der Waals surface area contributed by atoms with E-state index >= 15 is 0 Å². The van der Waals surface area contributed by atoms with Crippen molar-refractivity contribution < 1.29 is 0 Å². The van der Waals surface area contributed by atoms with E-state index in [2.05, 4.69) is 46.8 Å². The van der Waals surface area contributed by atoms with Crippen molar-refractivity contribution in [1.82, 2.24) is 4.90 Å². The third-order valence-electron chi connectivity index (χ3n) is 2.94. The molecule has 1 aromatic rings. The minimum absolute atomic E-state index is 0.621. The molecule has 0 radical (unpaired) electrons. The van der Waals surface area contributed by atoms with E-state index < -0.39 is 0 Å². The number of benzene rings is 1. The van der Waals surface area contributed by atoms with Gasteiger partial charge in [-0.2, -0.15) is 0 Å². The standard InChI is InChI=1S/C14H24N4/c1-5-18(6-2)14(15)16-11-12-8-7-9-13(10-12)17(3)4/h7-10H,5-6,11H2,1-4H3,(H2,15,16). The first-order valence-electron chi connectivity index (χ1n) is 6.39. The smallest absolute Gasteiger partial charge is 0.191 e. The largest absolute Gasteiger partial charge is 0.378 e. The molecule has 0 spiro atoms. The van der Waals surface area contributed by atoms with Crippen LogP contribution in [-0.2, 0) is 6.54 Å². The summed E-state index contributed by atoms with van der Waals surface area (Å²) < 4.78 is 0. The van der Waals surface area contributed by atoms with Crippen molar-refractivity contribution in [3.63, 3.8) is 0 Å². The van der Waals surface area contributed by atoms with Crippen LogP contribution in [0.15, 0.2) is 29.3 Å². The maximum absolute atomic E-state index is 5.95. The molecule has 1 aromatic carbocycles. The van der Waals surface area contributed by atoms with E-state index in [9.17, 15) is 0 Å². The molecular formula is C14H24N4. The van der Waals surface area contributed by atoms with Crippen molar-refractivity contribution in [2.45, 2.75) is 20.4 Å². The Labute approximate surface area is 110 Å². The van der Waals surface area contributed by atoms with Crippen molar-refractivity contribution in [2.75, 3.05) is 32.1 Å². The minimum atomic E-state index is 0.621. The Morgan fingerprint density at radius 2 is 1.89 bits per heavy atom. The third-order valence-corrected chi connectivity index (χ3v) is 2.94. The second-order valence-electron chi connectivity index (χ2n) is 4.41. The maximum Gasteiger partial charge on any atom is 0.191 e. The molecule has 0 atom stereocenters. The number of guanidine groups is 1. The van der Waals surface area contributed by atoms with Crippen LogP contribution in [0.1, 0.15) is 19.4 Å². The highest BCUT2D eigenvalue weighted by molar-refractivity contribution is 5.78. The van der Waals surface area contributed by atoms with Crippen molar-refractivity contribution in [3.05, 3.63) is 29.8 Å². The van der Waals surface area contributed by atoms with Gasteiger partial charge < -0.3 is 15.5 Å². The number of hydrogen-bond acceptors (Lipinski definition) is 2. The lowest BCUT2D eigenvalue weighted by Gasteiger charge is -2.19. The van der Waals surface area contributed by atoms with Gasteiger partial charge in [0.2, 0.25) is 0 Å². The quantitative estimate of drug-likeness (QED) is 0.639. The Bertz CT molecular complexity index is 395. The van der Waals surface area contributed by atoms with E-state index in [4.69, 9.17) is 5.73 Å². The molecular weight excluding hydrogens is 224 g/mol. The zero-order valence-corrected chi connectivity index (χ0v) is 11.8. The molecule has 0 aliphatic rings. The first-order valence-corrected chi connectivity index (χ1v) is 6.39. The molecule has 0 saturated heterocycles. The lowest BCUT2D eigenvalue weighted by atomic mass is 10.2. The predicted molar refractivity (Wildman–Crippen MR) is 79.0 cm³/mol. The van der Waals surface area contributed by atoms with Gasteiger partial charge >= 0.3 is 0 Å². The molecule has 100 valence electrons. The topological polar surface area (TPSA) is 44.9 Å². The van der Waals surface area contributed by atoms with E-state index in [1.807, 2.05) is 20.2 Å². The van der Waals surface area contributed by atoms with E-state index in [1.54, 1.807) is 0 Å². The molecule has 4 heteroatoms. The zero-order valence-electron chi connectivity index (χ0n) is 11.8. The third kappa shape index (κ3) is 3.95. The molecule has 4 nitrogen and oxygen atoms in total. The second-order valence-corrected chi connectivity index (χ2v) is 4.41. The molecule has 0 unspecified atom stereocenters. The van der Waals surface area contributed by atoms with Crippen molar-refractivity contribution in [3.8, 4) is 0 Å². The monoisotopic (exact) mass is 248 g/mol. The van der Waals surface area contributed by atoms with Gasteiger partial charge in [0.15, 0.2) is 5.96 Å². The van der Waals surface area contributed by atoms with Gasteiger partial charge in [-0.25, -0.2) is 4.99 Å². The van der Waals surface area contributed by atoms with E-state index in [0.717, 1.165) is 13.1 Å². The summed E-state index contributed by atoms with van der Waals surface area (Å²) in [5.41, 5.74) is 8.31. The Balaban J connectivity index is 2.73. The minimum Gasteiger partial charge on any atom is -0.378 e. The Hall–Kier alpha value is -1.71. The number of rotatable bonds is 5. The highest BCUT2D eigenvalue weighted by Crippen LogP contribution is 2.14. The van der Waals surface area contributed by atoms with Crippen molar-refractivity contribution in [1.29, 1.82) is 0 Å². The number of nitrogens with two attached hydrogens (primary N) is 1. The predicted octanol–water partition coefficient (Wildman–Crippen LogP) is 1.91. The molecule has 2 N–H and O–H groups in total. The number of anilines is 1. The maximum atomic E-state index is 5.95. The highest BCUT2D eigenvalue weighted by Gasteiger charge is 2.02. The molecule has 0 aliphatic carbocycles. The molecule has 0 bridgehead atoms. The summed E-state index contributed by atoms with van der Waals surface area (Å²) in [6.07, 6.45) is 0. The number of nitrogens with zero attached hydrogens (tertiary/aromatic N) is 3. The molecule has 1 rings (SSSR count). The van der Waals surface area contributed by atoms with Gasteiger partial charge in [-0.1, -0.05) is 12.1 Å². The number of aliphatic imine (C=N–C) groups is 1. The Kier molecular flexibility index (Phi) is 5.49. The summed E-state index contributed by atoms with van der Waals surface area (Å²) in [6, 6.07) is 8.35. The van der Waals surface area contributed by atoms with Gasteiger partial charge in [0.25, 0.3) is 0 Å². The van der Waals surface area contributed by atoms with Gasteiger partial charge in [-0.3, -0.25) is 0 Å². The summed E-state index contributed by atoms with van der Waals surface area (Å²) in [6.45, 7) is 6.58. The molecule has 0 saturated carbocycles. The van der Waals surface area contributed by atoms with Gasteiger partial charge in [0.05, 0.1) is 6.54 Å². The van der Waals surface area contributed by atoms with Crippen LogP contribution in [0.4, 0.5) is 5.69 Å². The SMILES string of the molecule is CCN(CC)C(N)=NCc1cccc(N(C)C)c1. The average molecular weight is 248 g/mol. The summed E-state index contributed by atoms with van der Waals surface area (Å²) in [7, 11) is 4.07.